The number of rotatable bonds is 5. The largest absolute Gasteiger partial charge is 0.494 e. The highest BCUT2D eigenvalue weighted by Crippen LogP contribution is 2.30. The van der Waals surface area contributed by atoms with Crippen molar-refractivity contribution in [2.45, 2.75) is 45.3 Å². The highest BCUT2D eigenvalue weighted by Gasteiger charge is 2.29. The summed E-state index contributed by atoms with van der Waals surface area (Å²) < 4.78 is 11.1. The van der Waals surface area contributed by atoms with Gasteiger partial charge in [-0.05, 0) is 33.6 Å². The van der Waals surface area contributed by atoms with E-state index in [2.05, 4.69) is 19.2 Å². The Labute approximate surface area is 124 Å². The SMILES string of the molecule is CCOc1cc(NC2CCOC(C)(C)C2)cc([N+](=O)[O-])c1. The number of nitro groups is 1. The van der Waals surface area contributed by atoms with Crippen LogP contribution in [-0.2, 0) is 4.74 Å². The topological polar surface area (TPSA) is 73.6 Å². The lowest BCUT2D eigenvalue weighted by molar-refractivity contribution is -0.384. The van der Waals surface area contributed by atoms with Crippen molar-refractivity contribution in [2.24, 2.45) is 0 Å². The molecule has 0 spiro atoms. The van der Waals surface area contributed by atoms with Gasteiger partial charge in [0.15, 0.2) is 0 Å². The van der Waals surface area contributed by atoms with Crippen LogP contribution in [0.4, 0.5) is 11.4 Å². The van der Waals surface area contributed by atoms with E-state index in [9.17, 15) is 10.1 Å². The van der Waals surface area contributed by atoms with Crippen molar-refractivity contribution < 1.29 is 14.4 Å². The second-order valence-electron chi connectivity index (χ2n) is 5.85. The van der Waals surface area contributed by atoms with E-state index in [1.54, 1.807) is 12.1 Å². The van der Waals surface area contributed by atoms with Gasteiger partial charge in [0.1, 0.15) is 5.75 Å². The van der Waals surface area contributed by atoms with E-state index in [1.807, 2.05) is 6.92 Å². The Hall–Kier alpha value is -1.82. The predicted octanol–water partition coefficient (Wildman–Crippen LogP) is 3.36. The minimum Gasteiger partial charge on any atom is -0.494 e. The summed E-state index contributed by atoms with van der Waals surface area (Å²) in [5.41, 5.74) is 0.587. The lowest BCUT2D eigenvalue weighted by atomic mass is 9.94. The Balaban J connectivity index is 2.16. The molecule has 21 heavy (non-hydrogen) atoms. The second-order valence-corrected chi connectivity index (χ2v) is 5.85. The van der Waals surface area contributed by atoms with E-state index in [0.29, 0.717) is 19.0 Å². The number of nitro benzene ring substituents is 1. The maximum atomic E-state index is 11.0. The van der Waals surface area contributed by atoms with Crippen LogP contribution < -0.4 is 10.1 Å². The molecule has 0 aliphatic carbocycles. The predicted molar refractivity (Wildman–Crippen MR) is 80.9 cm³/mol. The number of ether oxygens (including phenoxy) is 2. The molecule has 0 bridgehead atoms. The van der Waals surface area contributed by atoms with Crippen LogP contribution >= 0.6 is 0 Å². The minimum absolute atomic E-state index is 0.0368. The maximum Gasteiger partial charge on any atom is 0.275 e. The van der Waals surface area contributed by atoms with Gasteiger partial charge in [-0.3, -0.25) is 10.1 Å². The first-order valence-electron chi connectivity index (χ1n) is 7.22. The molecule has 6 heteroatoms. The third-order valence-corrected chi connectivity index (χ3v) is 3.48. The molecule has 116 valence electrons. The van der Waals surface area contributed by atoms with E-state index in [4.69, 9.17) is 9.47 Å². The van der Waals surface area contributed by atoms with Crippen LogP contribution in [0.25, 0.3) is 0 Å². The van der Waals surface area contributed by atoms with Gasteiger partial charge in [-0.15, -0.1) is 0 Å². The van der Waals surface area contributed by atoms with Crippen LogP contribution in [0.2, 0.25) is 0 Å². The molecule has 1 saturated heterocycles. The zero-order chi connectivity index (χ0) is 15.5. The fourth-order valence-corrected chi connectivity index (χ4v) is 2.61. The van der Waals surface area contributed by atoms with Gasteiger partial charge in [0.05, 0.1) is 23.2 Å². The third kappa shape index (κ3) is 4.32. The van der Waals surface area contributed by atoms with Gasteiger partial charge in [0.25, 0.3) is 5.69 Å². The van der Waals surface area contributed by atoms with E-state index >= 15 is 0 Å². The number of hydrogen-bond donors (Lipinski definition) is 1. The van der Waals surface area contributed by atoms with E-state index in [0.717, 1.165) is 18.5 Å². The van der Waals surface area contributed by atoms with Crippen molar-refractivity contribution in [3.05, 3.63) is 28.3 Å². The van der Waals surface area contributed by atoms with E-state index in [-0.39, 0.29) is 17.3 Å². The Morgan fingerprint density at radius 3 is 2.86 bits per heavy atom. The van der Waals surface area contributed by atoms with Crippen LogP contribution in [0, 0.1) is 10.1 Å². The van der Waals surface area contributed by atoms with Crippen LogP contribution in [0.15, 0.2) is 18.2 Å². The summed E-state index contributed by atoms with van der Waals surface area (Å²) in [4.78, 5) is 10.6. The van der Waals surface area contributed by atoms with Gasteiger partial charge < -0.3 is 14.8 Å². The fraction of sp³-hybridized carbons (Fsp3) is 0.600. The molecule has 0 radical (unpaired) electrons. The highest BCUT2D eigenvalue weighted by molar-refractivity contribution is 5.56. The summed E-state index contributed by atoms with van der Waals surface area (Å²) >= 11 is 0. The van der Waals surface area contributed by atoms with E-state index in [1.165, 1.54) is 6.07 Å². The first-order chi connectivity index (χ1) is 9.89. The first kappa shape index (κ1) is 15.6. The lowest BCUT2D eigenvalue weighted by Crippen LogP contribution is -2.40. The summed E-state index contributed by atoms with van der Waals surface area (Å²) in [6, 6.07) is 5.04. The maximum absolute atomic E-state index is 11.0. The summed E-state index contributed by atoms with van der Waals surface area (Å²) in [7, 11) is 0. The Bertz CT molecular complexity index is 516. The molecule has 1 atom stereocenters. The number of benzene rings is 1. The molecule has 6 nitrogen and oxygen atoms in total. The summed E-state index contributed by atoms with van der Waals surface area (Å²) in [5, 5.41) is 14.4. The summed E-state index contributed by atoms with van der Waals surface area (Å²) in [6.45, 7) is 7.13. The van der Waals surface area contributed by atoms with Crippen LogP contribution in [0.5, 0.6) is 5.75 Å². The van der Waals surface area contributed by atoms with Crippen molar-refractivity contribution >= 4 is 11.4 Å². The van der Waals surface area contributed by atoms with Crippen molar-refractivity contribution in [3.8, 4) is 5.75 Å². The smallest absolute Gasteiger partial charge is 0.275 e. The summed E-state index contributed by atoms with van der Waals surface area (Å²) in [6.07, 6.45) is 1.75. The number of nitrogens with zero attached hydrogens (tertiary/aromatic N) is 1. The van der Waals surface area contributed by atoms with Crippen molar-refractivity contribution in [2.75, 3.05) is 18.5 Å². The lowest BCUT2D eigenvalue weighted by Gasteiger charge is -2.36. The average Bonchev–Trinajstić information content (AvgIpc) is 2.37. The molecule has 0 saturated carbocycles. The minimum atomic E-state index is -0.401. The monoisotopic (exact) mass is 294 g/mol. The zero-order valence-corrected chi connectivity index (χ0v) is 12.7. The molecular weight excluding hydrogens is 272 g/mol. The summed E-state index contributed by atoms with van der Waals surface area (Å²) in [5.74, 6) is 0.514. The molecule has 1 fully saturated rings. The third-order valence-electron chi connectivity index (χ3n) is 3.48. The van der Waals surface area contributed by atoms with Gasteiger partial charge in [0.2, 0.25) is 0 Å². The number of non-ortho nitro benzene ring substituents is 1. The van der Waals surface area contributed by atoms with Gasteiger partial charge in [0, 0.05) is 30.5 Å². The molecule has 1 N–H and O–H groups in total. The number of anilines is 1. The van der Waals surface area contributed by atoms with Gasteiger partial charge in [-0.1, -0.05) is 0 Å². The van der Waals surface area contributed by atoms with Crippen molar-refractivity contribution in [1.29, 1.82) is 0 Å². The van der Waals surface area contributed by atoms with Gasteiger partial charge in [-0.25, -0.2) is 0 Å². The molecule has 1 heterocycles. The number of hydrogen-bond acceptors (Lipinski definition) is 5. The molecular formula is C15H22N2O4. The molecule has 1 aliphatic heterocycles. The Morgan fingerprint density at radius 2 is 2.24 bits per heavy atom. The molecule has 0 aromatic heterocycles. The van der Waals surface area contributed by atoms with Crippen molar-refractivity contribution in [1.82, 2.24) is 0 Å². The molecule has 1 aromatic rings. The normalized spacial score (nSPS) is 20.8. The van der Waals surface area contributed by atoms with Crippen LogP contribution in [-0.4, -0.2) is 29.8 Å². The Morgan fingerprint density at radius 1 is 1.48 bits per heavy atom. The molecule has 1 unspecified atom stereocenters. The standard InChI is InChI=1S/C15H22N2O4/c1-4-20-14-8-12(7-13(9-14)17(18)19)16-11-5-6-21-15(2,3)10-11/h7-9,11,16H,4-6,10H2,1-3H3. The zero-order valence-electron chi connectivity index (χ0n) is 12.7. The quantitative estimate of drug-likeness (QED) is 0.666. The fourth-order valence-electron chi connectivity index (χ4n) is 2.61. The number of nitrogens with one attached hydrogen (secondary N) is 1. The molecule has 1 aliphatic rings. The van der Waals surface area contributed by atoms with E-state index < -0.39 is 4.92 Å². The van der Waals surface area contributed by atoms with Gasteiger partial charge >= 0.3 is 0 Å². The average molecular weight is 294 g/mol. The van der Waals surface area contributed by atoms with Gasteiger partial charge in [-0.2, -0.15) is 0 Å². The molecule has 0 amide bonds. The molecule has 2 rings (SSSR count). The highest BCUT2D eigenvalue weighted by atomic mass is 16.6. The van der Waals surface area contributed by atoms with Crippen LogP contribution in [0.3, 0.4) is 0 Å². The van der Waals surface area contributed by atoms with Crippen molar-refractivity contribution in [3.63, 3.8) is 0 Å². The molecule has 1 aromatic carbocycles. The Kier molecular flexibility index (Phi) is 4.67. The second kappa shape index (κ2) is 6.30. The first-order valence-corrected chi connectivity index (χ1v) is 7.22. The van der Waals surface area contributed by atoms with Crippen LogP contribution in [0.1, 0.15) is 33.6 Å².